The van der Waals surface area contributed by atoms with E-state index >= 15 is 0 Å². The standard InChI is InChI=1S/C15H19N3O2S/c1-12(2)18-21(19,20)15-7-5-14(6-8-15)17-11-13-4-3-9-16-10-13/h3-10,12,17-18H,11H2,1-2H3. The van der Waals surface area contributed by atoms with E-state index in [2.05, 4.69) is 15.0 Å². The summed E-state index contributed by atoms with van der Waals surface area (Å²) in [6, 6.07) is 10.4. The van der Waals surface area contributed by atoms with E-state index in [1.807, 2.05) is 12.1 Å². The first-order valence-electron chi connectivity index (χ1n) is 6.72. The van der Waals surface area contributed by atoms with E-state index in [9.17, 15) is 8.42 Å². The predicted molar refractivity (Wildman–Crippen MR) is 83.5 cm³/mol. The van der Waals surface area contributed by atoms with Crippen LogP contribution in [-0.2, 0) is 16.6 Å². The molecule has 0 aliphatic carbocycles. The highest BCUT2D eigenvalue weighted by Gasteiger charge is 2.14. The Bertz CT molecular complexity index is 668. The number of anilines is 1. The van der Waals surface area contributed by atoms with Gasteiger partial charge in [-0.3, -0.25) is 4.98 Å². The van der Waals surface area contributed by atoms with E-state index in [0.29, 0.717) is 6.54 Å². The second-order valence-corrected chi connectivity index (χ2v) is 6.73. The molecule has 1 heterocycles. The summed E-state index contributed by atoms with van der Waals surface area (Å²) < 4.78 is 26.5. The summed E-state index contributed by atoms with van der Waals surface area (Å²) in [6.45, 7) is 4.23. The predicted octanol–water partition coefficient (Wildman–Crippen LogP) is 2.38. The van der Waals surface area contributed by atoms with Gasteiger partial charge < -0.3 is 5.32 Å². The van der Waals surface area contributed by atoms with Gasteiger partial charge in [0.15, 0.2) is 0 Å². The maximum atomic E-state index is 12.0. The smallest absolute Gasteiger partial charge is 0.240 e. The maximum absolute atomic E-state index is 12.0. The van der Waals surface area contributed by atoms with Crippen molar-refractivity contribution in [2.75, 3.05) is 5.32 Å². The molecule has 0 amide bonds. The average Bonchev–Trinajstić information content (AvgIpc) is 2.45. The highest BCUT2D eigenvalue weighted by Crippen LogP contribution is 2.15. The van der Waals surface area contributed by atoms with Crippen LogP contribution in [-0.4, -0.2) is 19.4 Å². The van der Waals surface area contributed by atoms with Crippen molar-refractivity contribution in [3.05, 3.63) is 54.4 Å². The summed E-state index contributed by atoms with van der Waals surface area (Å²) >= 11 is 0. The van der Waals surface area contributed by atoms with Gasteiger partial charge >= 0.3 is 0 Å². The highest BCUT2D eigenvalue weighted by atomic mass is 32.2. The normalized spacial score (nSPS) is 11.6. The largest absolute Gasteiger partial charge is 0.381 e. The van der Waals surface area contributed by atoms with Gasteiger partial charge in [-0.15, -0.1) is 0 Å². The number of aromatic nitrogens is 1. The molecule has 0 saturated heterocycles. The minimum atomic E-state index is -3.43. The van der Waals surface area contributed by atoms with E-state index in [0.717, 1.165) is 11.3 Å². The Morgan fingerprint density at radius 1 is 1.14 bits per heavy atom. The second-order valence-electron chi connectivity index (χ2n) is 5.02. The van der Waals surface area contributed by atoms with Crippen molar-refractivity contribution in [2.24, 2.45) is 0 Å². The van der Waals surface area contributed by atoms with Gasteiger partial charge in [0, 0.05) is 30.7 Å². The first-order chi connectivity index (χ1) is 9.97. The molecule has 1 aromatic heterocycles. The van der Waals surface area contributed by atoms with Crippen LogP contribution in [0.4, 0.5) is 5.69 Å². The fourth-order valence-corrected chi connectivity index (χ4v) is 3.09. The molecule has 112 valence electrons. The van der Waals surface area contributed by atoms with Gasteiger partial charge in [0.2, 0.25) is 10.0 Å². The Balaban J connectivity index is 2.02. The summed E-state index contributed by atoms with van der Waals surface area (Å²) in [6.07, 6.45) is 3.52. The van der Waals surface area contributed by atoms with Crippen LogP contribution in [0.3, 0.4) is 0 Å². The molecule has 0 saturated carbocycles. The van der Waals surface area contributed by atoms with Crippen LogP contribution < -0.4 is 10.0 Å². The van der Waals surface area contributed by atoms with E-state index < -0.39 is 10.0 Å². The summed E-state index contributed by atoms with van der Waals surface area (Å²) in [5.41, 5.74) is 1.93. The molecule has 0 atom stereocenters. The fourth-order valence-electron chi connectivity index (χ4n) is 1.84. The van der Waals surface area contributed by atoms with Crippen molar-refractivity contribution in [2.45, 2.75) is 31.3 Å². The lowest BCUT2D eigenvalue weighted by Gasteiger charge is -2.11. The zero-order valence-corrected chi connectivity index (χ0v) is 12.9. The summed E-state index contributed by atoms with van der Waals surface area (Å²) in [5, 5.41) is 3.23. The number of hydrogen-bond donors (Lipinski definition) is 2. The molecule has 0 aliphatic heterocycles. The molecule has 0 fully saturated rings. The van der Waals surface area contributed by atoms with Gasteiger partial charge in [0.05, 0.1) is 4.90 Å². The molecule has 0 aliphatic rings. The van der Waals surface area contributed by atoms with E-state index in [1.165, 1.54) is 0 Å². The van der Waals surface area contributed by atoms with E-state index in [4.69, 9.17) is 0 Å². The van der Waals surface area contributed by atoms with E-state index in [-0.39, 0.29) is 10.9 Å². The maximum Gasteiger partial charge on any atom is 0.240 e. The summed E-state index contributed by atoms with van der Waals surface area (Å²) in [5.74, 6) is 0. The van der Waals surface area contributed by atoms with Crippen LogP contribution in [0.2, 0.25) is 0 Å². The molecule has 2 aromatic rings. The number of sulfonamides is 1. The minimum Gasteiger partial charge on any atom is -0.381 e. The molecule has 0 radical (unpaired) electrons. The van der Waals surface area contributed by atoms with Crippen LogP contribution in [0.25, 0.3) is 0 Å². The number of rotatable bonds is 6. The Labute approximate surface area is 125 Å². The molecule has 1 aromatic carbocycles. The van der Waals surface area contributed by atoms with Crippen LogP contribution >= 0.6 is 0 Å². The lowest BCUT2D eigenvalue weighted by atomic mass is 10.2. The van der Waals surface area contributed by atoms with Gasteiger partial charge in [0.25, 0.3) is 0 Å². The SMILES string of the molecule is CC(C)NS(=O)(=O)c1ccc(NCc2cccnc2)cc1. The third-order valence-corrected chi connectivity index (χ3v) is 4.45. The van der Waals surface area contributed by atoms with Gasteiger partial charge in [-0.2, -0.15) is 0 Å². The van der Waals surface area contributed by atoms with Gasteiger partial charge in [-0.25, -0.2) is 13.1 Å². The Morgan fingerprint density at radius 3 is 2.43 bits per heavy atom. The third kappa shape index (κ3) is 4.54. The quantitative estimate of drug-likeness (QED) is 0.859. The number of benzene rings is 1. The second kappa shape index (κ2) is 6.69. The van der Waals surface area contributed by atoms with Gasteiger partial charge in [-0.05, 0) is 49.7 Å². The molecule has 0 bridgehead atoms. The summed E-state index contributed by atoms with van der Waals surface area (Å²) in [7, 11) is -3.43. The minimum absolute atomic E-state index is 0.126. The lowest BCUT2D eigenvalue weighted by molar-refractivity contribution is 0.570. The van der Waals surface area contributed by atoms with Crippen LogP contribution in [0, 0.1) is 0 Å². The molecule has 5 nitrogen and oxygen atoms in total. The Hall–Kier alpha value is -1.92. The lowest BCUT2D eigenvalue weighted by Crippen LogP contribution is -2.30. The van der Waals surface area contributed by atoms with Crippen molar-refractivity contribution in [1.29, 1.82) is 0 Å². The van der Waals surface area contributed by atoms with E-state index in [1.54, 1.807) is 50.5 Å². The molecule has 0 unspecified atom stereocenters. The molecule has 2 N–H and O–H groups in total. The van der Waals surface area contributed by atoms with Crippen LogP contribution in [0.15, 0.2) is 53.7 Å². The van der Waals surface area contributed by atoms with Crippen LogP contribution in [0.1, 0.15) is 19.4 Å². The van der Waals surface area contributed by atoms with Crippen molar-refractivity contribution >= 4 is 15.7 Å². The Morgan fingerprint density at radius 2 is 1.86 bits per heavy atom. The summed E-state index contributed by atoms with van der Waals surface area (Å²) in [4.78, 5) is 4.31. The monoisotopic (exact) mass is 305 g/mol. The number of nitrogens with one attached hydrogen (secondary N) is 2. The number of hydrogen-bond acceptors (Lipinski definition) is 4. The van der Waals surface area contributed by atoms with Crippen LogP contribution in [0.5, 0.6) is 0 Å². The Kier molecular flexibility index (Phi) is 4.93. The van der Waals surface area contributed by atoms with Crippen molar-refractivity contribution in [3.8, 4) is 0 Å². The first-order valence-corrected chi connectivity index (χ1v) is 8.21. The molecular formula is C15H19N3O2S. The molecule has 0 spiro atoms. The molecular weight excluding hydrogens is 286 g/mol. The number of nitrogens with zero attached hydrogens (tertiary/aromatic N) is 1. The number of pyridine rings is 1. The average molecular weight is 305 g/mol. The first kappa shape index (κ1) is 15.5. The zero-order valence-electron chi connectivity index (χ0n) is 12.1. The molecule has 2 rings (SSSR count). The van der Waals surface area contributed by atoms with Gasteiger partial charge in [-0.1, -0.05) is 6.07 Å². The van der Waals surface area contributed by atoms with Crippen molar-refractivity contribution in [1.82, 2.24) is 9.71 Å². The molecule has 6 heteroatoms. The fraction of sp³-hybridized carbons (Fsp3) is 0.267. The zero-order chi connectivity index (χ0) is 15.3. The third-order valence-electron chi connectivity index (χ3n) is 2.77. The topological polar surface area (TPSA) is 71.1 Å². The van der Waals surface area contributed by atoms with Crippen molar-refractivity contribution in [3.63, 3.8) is 0 Å². The molecule has 21 heavy (non-hydrogen) atoms. The van der Waals surface area contributed by atoms with Crippen molar-refractivity contribution < 1.29 is 8.42 Å². The highest BCUT2D eigenvalue weighted by molar-refractivity contribution is 7.89. The van der Waals surface area contributed by atoms with Gasteiger partial charge in [0.1, 0.15) is 0 Å².